The van der Waals surface area contributed by atoms with Gasteiger partial charge in [-0.1, -0.05) is 13.3 Å². The van der Waals surface area contributed by atoms with Crippen molar-refractivity contribution in [2.75, 3.05) is 18.1 Å². The predicted molar refractivity (Wildman–Crippen MR) is 70.2 cm³/mol. The fourth-order valence-electron chi connectivity index (χ4n) is 1.27. The molecule has 1 rings (SSSR count). The fraction of sp³-hybridized carbons (Fsp3) is 0.500. The van der Waals surface area contributed by atoms with Crippen LogP contribution in [0.1, 0.15) is 37.0 Å². The standard InChI is InChI=1S/C12H18N2O2S/c1-3-5-8-17-11-10(13)9(6-7-14-11)12(15)16-4-2/h6-7H,3-5,8,13H2,1-2H3. The summed E-state index contributed by atoms with van der Waals surface area (Å²) in [5.74, 6) is 0.574. The van der Waals surface area contributed by atoms with E-state index in [-0.39, 0.29) is 5.97 Å². The van der Waals surface area contributed by atoms with Gasteiger partial charge in [0.05, 0.1) is 17.9 Å². The molecule has 0 saturated heterocycles. The van der Waals surface area contributed by atoms with Crippen molar-refractivity contribution in [2.24, 2.45) is 0 Å². The van der Waals surface area contributed by atoms with Gasteiger partial charge in [-0.15, -0.1) is 11.8 Å². The number of nitrogens with zero attached hydrogens (tertiary/aromatic N) is 1. The molecule has 0 atom stereocenters. The summed E-state index contributed by atoms with van der Waals surface area (Å²) in [5, 5.41) is 0.712. The van der Waals surface area contributed by atoms with Crippen LogP contribution in [0.3, 0.4) is 0 Å². The molecule has 0 aromatic carbocycles. The van der Waals surface area contributed by atoms with Crippen molar-refractivity contribution in [3.8, 4) is 0 Å². The number of thioether (sulfide) groups is 1. The smallest absolute Gasteiger partial charge is 0.340 e. The van der Waals surface area contributed by atoms with E-state index in [1.54, 1.807) is 30.9 Å². The number of rotatable bonds is 6. The molecule has 94 valence electrons. The summed E-state index contributed by atoms with van der Waals surface area (Å²) in [6.45, 7) is 4.25. The maximum Gasteiger partial charge on any atom is 0.340 e. The van der Waals surface area contributed by atoms with Gasteiger partial charge in [-0.2, -0.15) is 0 Å². The van der Waals surface area contributed by atoms with Crippen LogP contribution in [0.5, 0.6) is 0 Å². The van der Waals surface area contributed by atoms with Gasteiger partial charge in [0.2, 0.25) is 0 Å². The summed E-state index contributed by atoms with van der Waals surface area (Å²) < 4.78 is 4.93. The molecule has 0 aliphatic carbocycles. The Morgan fingerprint density at radius 1 is 1.53 bits per heavy atom. The van der Waals surface area contributed by atoms with Crippen LogP contribution in [0.4, 0.5) is 5.69 Å². The number of anilines is 1. The Morgan fingerprint density at radius 2 is 2.29 bits per heavy atom. The first kappa shape index (κ1) is 13.8. The average Bonchev–Trinajstić information content (AvgIpc) is 2.32. The number of unbranched alkanes of at least 4 members (excludes halogenated alkanes) is 1. The highest BCUT2D eigenvalue weighted by Crippen LogP contribution is 2.26. The first-order valence-corrected chi connectivity index (χ1v) is 6.73. The zero-order chi connectivity index (χ0) is 12.7. The molecule has 0 spiro atoms. The quantitative estimate of drug-likeness (QED) is 0.480. The van der Waals surface area contributed by atoms with E-state index in [1.807, 2.05) is 0 Å². The molecule has 4 nitrogen and oxygen atoms in total. The maximum atomic E-state index is 11.6. The van der Waals surface area contributed by atoms with Crippen molar-refractivity contribution in [2.45, 2.75) is 31.7 Å². The van der Waals surface area contributed by atoms with Crippen molar-refractivity contribution in [1.82, 2.24) is 4.98 Å². The third-order valence-corrected chi connectivity index (χ3v) is 3.28. The van der Waals surface area contributed by atoms with Gasteiger partial charge in [-0.05, 0) is 25.2 Å². The lowest BCUT2D eigenvalue weighted by molar-refractivity contribution is 0.0527. The lowest BCUT2D eigenvalue weighted by atomic mass is 10.2. The summed E-state index contributed by atoms with van der Waals surface area (Å²) in [5.41, 5.74) is 6.74. The molecule has 0 bridgehead atoms. The molecule has 5 heteroatoms. The Hall–Kier alpha value is -1.23. The van der Waals surface area contributed by atoms with Crippen molar-refractivity contribution < 1.29 is 9.53 Å². The van der Waals surface area contributed by atoms with Gasteiger partial charge >= 0.3 is 5.97 Å². The normalized spacial score (nSPS) is 10.2. The van der Waals surface area contributed by atoms with Gasteiger partial charge in [-0.25, -0.2) is 9.78 Å². The Balaban J connectivity index is 2.79. The lowest BCUT2D eigenvalue weighted by Gasteiger charge is -2.08. The van der Waals surface area contributed by atoms with Crippen LogP contribution in [0, 0.1) is 0 Å². The largest absolute Gasteiger partial charge is 0.462 e. The second-order valence-corrected chi connectivity index (χ2v) is 4.58. The number of hydrogen-bond donors (Lipinski definition) is 1. The summed E-state index contributed by atoms with van der Waals surface area (Å²) >= 11 is 1.58. The Labute approximate surface area is 106 Å². The molecule has 0 fully saturated rings. The number of nitrogen functional groups attached to an aromatic ring is 1. The highest BCUT2D eigenvalue weighted by molar-refractivity contribution is 7.99. The predicted octanol–water partition coefficient (Wildman–Crippen LogP) is 2.73. The lowest BCUT2D eigenvalue weighted by Crippen LogP contribution is -2.09. The van der Waals surface area contributed by atoms with E-state index >= 15 is 0 Å². The minimum atomic E-state index is -0.384. The van der Waals surface area contributed by atoms with Crippen molar-refractivity contribution in [3.05, 3.63) is 17.8 Å². The van der Waals surface area contributed by atoms with Crippen LogP contribution in [-0.4, -0.2) is 23.3 Å². The molecule has 0 aliphatic rings. The van der Waals surface area contributed by atoms with E-state index in [2.05, 4.69) is 11.9 Å². The van der Waals surface area contributed by atoms with Crippen LogP contribution >= 0.6 is 11.8 Å². The van der Waals surface area contributed by atoms with Crippen LogP contribution in [0.2, 0.25) is 0 Å². The van der Waals surface area contributed by atoms with Crippen molar-refractivity contribution >= 4 is 23.4 Å². The molecule has 1 aromatic rings. The number of carbonyl (C=O) groups excluding carboxylic acids is 1. The Kier molecular flexibility index (Phi) is 5.83. The summed E-state index contributed by atoms with van der Waals surface area (Å²) in [4.78, 5) is 15.8. The topological polar surface area (TPSA) is 65.2 Å². The van der Waals surface area contributed by atoms with Crippen LogP contribution in [0.15, 0.2) is 17.3 Å². The monoisotopic (exact) mass is 254 g/mol. The SMILES string of the molecule is CCCCSc1nccc(C(=O)OCC)c1N. The Morgan fingerprint density at radius 3 is 2.94 bits per heavy atom. The minimum Gasteiger partial charge on any atom is -0.462 e. The fourth-order valence-corrected chi connectivity index (χ4v) is 2.30. The van der Waals surface area contributed by atoms with Crippen molar-refractivity contribution in [1.29, 1.82) is 0 Å². The van der Waals surface area contributed by atoms with Gasteiger partial charge in [0.25, 0.3) is 0 Å². The number of aromatic nitrogens is 1. The number of esters is 1. The molecule has 17 heavy (non-hydrogen) atoms. The van der Waals surface area contributed by atoms with E-state index in [1.165, 1.54) is 0 Å². The zero-order valence-corrected chi connectivity index (χ0v) is 11.0. The molecule has 0 unspecified atom stereocenters. The second kappa shape index (κ2) is 7.17. The van der Waals surface area contributed by atoms with E-state index < -0.39 is 0 Å². The molecule has 1 heterocycles. The van der Waals surface area contributed by atoms with Gasteiger partial charge < -0.3 is 10.5 Å². The molecule has 0 aliphatic heterocycles. The molecule has 0 saturated carbocycles. The number of hydrogen-bond acceptors (Lipinski definition) is 5. The Bertz CT molecular complexity index is 383. The number of pyridine rings is 1. The molecule has 0 amide bonds. The third-order valence-electron chi connectivity index (χ3n) is 2.19. The van der Waals surface area contributed by atoms with Gasteiger partial charge in [0.15, 0.2) is 0 Å². The molecular weight excluding hydrogens is 236 g/mol. The molecular formula is C12H18N2O2S. The van der Waals surface area contributed by atoms with Crippen LogP contribution in [0.25, 0.3) is 0 Å². The number of carbonyl (C=O) groups is 1. The first-order valence-electron chi connectivity index (χ1n) is 5.75. The van der Waals surface area contributed by atoms with Crippen LogP contribution < -0.4 is 5.73 Å². The third kappa shape index (κ3) is 3.93. The van der Waals surface area contributed by atoms with Gasteiger partial charge in [-0.3, -0.25) is 0 Å². The second-order valence-electron chi connectivity index (χ2n) is 3.50. The maximum absolute atomic E-state index is 11.6. The summed E-state index contributed by atoms with van der Waals surface area (Å²) in [6, 6.07) is 1.59. The van der Waals surface area contributed by atoms with E-state index in [0.717, 1.165) is 18.6 Å². The minimum absolute atomic E-state index is 0.346. The highest BCUT2D eigenvalue weighted by Gasteiger charge is 2.14. The molecule has 1 aromatic heterocycles. The number of nitrogens with two attached hydrogens (primary N) is 1. The summed E-state index contributed by atoms with van der Waals surface area (Å²) in [7, 11) is 0. The van der Waals surface area contributed by atoms with Crippen LogP contribution in [-0.2, 0) is 4.74 Å². The van der Waals surface area contributed by atoms with E-state index in [0.29, 0.717) is 22.9 Å². The van der Waals surface area contributed by atoms with Gasteiger partial charge in [0.1, 0.15) is 5.03 Å². The first-order chi connectivity index (χ1) is 8.20. The molecule has 0 radical (unpaired) electrons. The summed E-state index contributed by atoms with van der Waals surface area (Å²) in [6.07, 6.45) is 3.83. The van der Waals surface area contributed by atoms with Crippen molar-refractivity contribution in [3.63, 3.8) is 0 Å². The van der Waals surface area contributed by atoms with E-state index in [9.17, 15) is 4.79 Å². The van der Waals surface area contributed by atoms with Gasteiger partial charge in [0, 0.05) is 6.20 Å². The van der Waals surface area contributed by atoms with E-state index in [4.69, 9.17) is 10.5 Å². The average molecular weight is 254 g/mol. The molecule has 2 N–H and O–H groups in total. The number of ether oxygens (including phenoxy) is 1. The zero-order valence-electron chi connectivity index (χ0n) is 10.2. The highest BCUT2D eigenvalue weighted by atomic mass is 32.2.